The van der Waals surface area contributed by atoms with Crippen LogP contribution in [0.5, 0.6) is 11.5 Å². The number of aliphatic hydroxyl groups excluding tert-OH is 1. The molecule has 0 spiro atoms. The fourth-order valence-electron chi connectivity index (χ4n) is 2.70. The summed E-state index contributed by atoms with van der Waals surface area (Å²) in [6.45, 7) is -1.48. The zero-order chi connectivity index (χ0) is 23.6. The molecule has 0 saturated heterocycles. The molecule has 14 heteroatoms. The van der Waals surface area contributed by atoms with Crippen molar-refractivity contribution in [1.29, 1.82) is 5.26 Å². The maximum atomic E-state index is 13.4. The van der Waals surface area contributed by atoms with Crippen LogP contribution in [0, 0.1) is 17.2 Å². The average molecular weight is 470 g/mol. The Morgan fingerprint density at radius 2 is 2.00 bits per heavy atom. The topological polar surface area (TPSA) is 147 Å². The normalized spacial score (nSPS) is 16.2. The van der Waals surface area contributed by atoms with Gasteiger partial charge in [0.25, 0.3) is 11.5 Å². The summed E-state index contributed by atoms with van der Waals surface area (Å²) in [5.74, 6) is -4.78. The molecule has 0 radical (unpaired) electrons. The molecule has 2 aromatic rings. The number of Topliss-reactive ketones (excluding diaryl/α,β-unsaturated/α-hetero) is 1. The molecule has 2 N–H and O–H groups in total. The Bertz CT molecular complexity index is 1230. The number of nitrogens with zero attached hydrogens (tertiary/aromatic N) is 4. The van der Waals surface area contributed by atoms with Crippen LogP contribution in [0.25, 0.3) is 0 Å². The van der Waals surface area contributed by atoms with E-state index in [9.17, 15) is 32.7 Å². The molecule has 10 nitrogen and oxygen atoms in total. The van der Waals surface area contributed by atoms with Gasteiger partial charge >= 0.3 is 6.18 Å². The number of rotatable bonds is 5. The quantitative estimate of drug-likeness (QED) is 0.626. The van der Waals surface area contributed by atoms with E-state index in [0.717, 1.165) is 12.1 Å². The van der Waals surface area contributed by atoms with Crippen LogP contribution in [0.4, 0.5) is 13.2 Å². The van der Waals surface area contributed by atoms with Gasteiger partial charge in [0.1, 0.15) is 17.4 Å². The van der Waals surface area contributed by atoms with Gasteiger partial charge in [0, 0.05) is 5.02 Å². The molecule has 2 heterocycles. The van der Waals surface area contributed by atoms with E-state index in [1.54, 1.807) is 6.07 Å². The number of hydrogen-bond acceptors (Lipinski definition) is 8. The number of nitriles is 1. The number of carbonyl (C=O) groups is 2. The van der Waals surface area contributed by atoms with Gasteiger partial charge in [-0.1, -0.05) is 11.6 Å². The Balaban J connectivity index is 2.05. The number of hydrazone groups is 1. The number of benzene rings is 1. The van der Waals surface area contributed by atoms with Gasteiger partial charge in [-0.05, 0) is 18.2 Å². The molecule has 0 fully saturated rings. The average Bonchev–Trinajstić information content (AvgIpc) is 2.71. The van der Waals surface area contributed by atoms with Crippen molar-refractivity contribution in [1.82, 2.24) is 15.0 Å². The number of amides is 1. The van der Waals surface area contributed by atoms with Crippen LogP contribution in [0.1, 0.15) is 11.3 Å². The van der Waals surface area contributed by atoms with Crippen LogP contribution in [0.15, 0.2) is 34.4 Å². The van der Waals surface area contributed by atoms with Gasteiger partial charge in [0.2, 0.25) is 5.75 Å². The van der Waals surface area contributed by atoms with E-state index in [4.69, 9.17) is 21.6 Å². The zero-order valence-electron chi connectivity index (χ0n) is 15.7. The van der Waals surface area contributed by atoms with Crippen LogP contribution in [0.2, 0.25) is 5.02 Å². The maximum absolute atomic E-state index is 13.4. The van der Waals surface area contributed by atoms with Crippen molar-refractivity contribution in [2.24, 2.45) is 11.0 Å². The Hall–Kier alpha value is -3.76. The zero-order valence-corrected chi connectivity index (χ0v) is 16.4. The van der Waals surface area contributed by atoms with Crippen molar-refractivity contribution in [3.05, 3.63) is 51.2 Å². The van der Waals surface area contributed by atoms with Gasteiger partial charge in [-0.2, -0.15) is 23.5 Å². The molecule has 1 aliphatic rings. The molecular weight excluding hydrogens is 459 g/mol. The molecule has 0 aliphatic carbocycles. The molecule has 1 aliphatic heterocycles. The number of alkyl halides is 3. The predicted molar refractivity (Wildman–Crippen MR) is 101 cm³/mol. The van der Waals surface area contributed by atoms with Crippen LogP contribution >= 0.6 is 11.6 Å². The highest BCUT2D eigenvalue weighted by Crippen LogP contribution is 2.35. The van der Waals surface area contributed by atoms with E-state index < -0.39 is 59.7 Å². The monoisotopic (exact) mass is 469 g/mol. The van der Waals surface area contributed by atoms with Gasteiger partial charge in [-0.15, -0.1) is 0 Å². The Morgan fingerprint density at radius 3 is 2.62 bits per heavy atom. The fraction of sp³-hybridized carbons (Fsp3) is 0.222. The number of hydrogen-bond donors (Lipinski definition) is 2. The highest BCUT2D eigenvalue weighted by molar-refractivity contribution is 6.44. The van der Waals surface area contributed by atoms with E-state index in [0.29, 0.717) is 10.9 Å². The molecule has 3 rings (SSSR count). The first kappa shape index (κ1) is 22.9. The number of nitrogens with one attached hydrogen (secondary N) is 1. The van der Waals surface area contributed by atoms with Gasteiger partial charge < -0.3 is 9.84 Å². The molecule has 1 amide bonds. The highest BCUT2D eigenvalue weighted by atomic mass is 35.5. The lowest BCUT2D eigenvalue weighted by atomic mass is 9.99. The minimum atomic E-state index is -5.07. The summed E-state index contributed by atoms with van der Waals surface area (Å²) in [4.78, 5) is 39.8. The number of aromatic nitrogens is 2. The maximum Gasteiger partial charge on any atom is 0.437 e. The van der Waals surface area contributed by atoms with E-state index in [1.807, 2.05) is 5.43 Å². The third kappa shape index (κ3) is 4.61. The number of carbonyl (C=O) groups excluding carboxylic acids is 2. The summed E-state index contributed by atoms with van der Waals surface area (Å²) in [6, 6.07) is 5.14. The van der Waals surface area contributed by atoms with Crippen LogP contribution in [0.3, 0.4) is 0 Å². The second-order valence-electron chi connectivity index (χ2n) is 6.38. The highest BCUT2D eigenvalue weighted by Gasteiger charge is 2.39. The van der Waals surface area contributed by atoms with E-state index in [2.05, 4.69) is 10.1 Å². The summed E-state index contributed by atoms with van der Waals surface area (Å²) < 4.78 is 46.0. The summed E-state index contributed by atoms with van der Waals surface area (Å²) >= 11 is 5.82. The standard InChI is InChI=1S/C18H11ClF3N5O5/c19-9-1-8(4-23)2-10(3-9)32-14-15(18(20,21)22)24-7-27(17(14)31)5-12-13(29)11(6-28)16(30)26-25-12/h1-3,7,11,28H,5-6H2,(H,26,30). The van der Waals surface area contributed by atoms with Crippen molar-refractivity contribution in [2.45, 2.75) is 12.7 Å². The van der Waals surface area contributed by atoms with Gasteiger partial charge in [0.05, 0.1) is 31.1 Å². The number of ketones is 1. The van der Waals surface area contributed by atoms with Gasteiger partial charge in [0.15, 0.2) is 11.5 Å². The lowest BCUT2D eigenvalue weighted by Gasteiger charge is -2.19. The molecule has 166 valence electrons. The molecule has 32 heavy (non-hydrogen) atoms. The first-order chi connectivity index (χ1) is 15.0. The molecule has 1 unspecified atom stereocenters. The first-order valence-corrected chi connectivity index (χ1v) is 8.99. The SMILES string of the molecule is N#Cc1cc(Cl)cc(Oc2c(C(F)(F)F)ncn(CC3=NNC(=O)C(CO)C3=O)c2=O)c1. The number of aliphatic hydroxyl groups is 1. The molecular formula is C18H11ClF3N5O5. The minimum absolute atomic E-state index is 0.0234. The van der Waals surface area contributed by atoms with Crippen molar-refractivity contribution in [3.8, 4) is 17.6 Å². The molecule has 1 aromatic heterocycles. The predicted octanol–water partition coefficient (Wildman–Crippen LogP) is 1.24. The van der Waals surface area contributed by atoms with Gasteiger partial charge in [-0.3, -0.25) is 19.0 Å². The molecule has 1 aromatic carbocycles. The van der Waals surface area contributed by atoms with E-state index >= 15 is 0 Å². The number of halogens is 4. The van der Waals surface area contributed by atoms with Crippen molar-refractivity contribution >= 4 is 29.0 Å². The molecule has 1 atom stereocenters. The third-order valence-electron chi connectivity index (χ3n) is 4.21. The minimum Gasteiger partial charge on any atom is -0.449 e. The van der Waals surface area contributed by atoms with Crippen molar-refractivity contribution in [3.63, 3.8) is 0 Å². The lowest BCUT2D eigenvalue weighted by molar-refractivity contribution is -0.142. The van der Waals surface area contributed by atoms with Crippen LogP contribution < -0.4 is 15.7 Å². The van der Waals surface area contributed by atoms with E-state index in [-0.39, 0.29) is 16.3 Å². The molecule has 0 bridgehead atoms. The Kier molecular flexibility index (Phi) is 6.28. The van der Waals surface area contributed by atoms with E-state index in [1.165, 1.54) is 6.07 Å². The summed E-state index contributed by atoms with van der Waals surface area (Å²) in [6.07, 6.45) is -4.53. The second kappa shape index (κ2) is 8.77. The summed E-state index contributed by atoms with van der Waals surface area (Å²) in [5, 5.41) is 21.6. The first-order valence-electron chi connectivity index (χ1n) is 8.61. The lowest BCUT2D eigenvalue weighted by Crippen LogP contribution is -2.46. The van der Waals surface area contributed by atoms with Crippen molar-refractivity contribution < 1.29 is 32.6 Å². The second-order valence-corrected chi connectivity index (χ2v) is 6.81. The molecule has 0 saturated carbocycles. The smallest absolute Gasteiger partial charge is 0.437 e. The fourth-order valence-corrected chi connectivity index (χ4v) is 2.92. The van der Waals surface area contributed by atoms with Crippen LogP contribution in [-0.2, 0) is 22.3 Å². The summed E-state index contributed by atoms with van der Waals surface area (Å²) in [7, 11) is 0. The third-order valence-corrected chi connectivity index (χ3v) is 4.42. The Labute approximate surface area is 181 Å². The van der Waals surface area contributed by atoms with Gasteiger partial charge in [-0.25, -0.2) is 10.4 Å². The van der Waals surface area contributed by atoms with Crippen molar-refractivity contribution in [2.75, 3.05) is 6.61 Å². The largest absolute Gasteiger partial charge is 0.449 e. The van der Waals surface area contributed by atoms with Crippen LogP contribution in [-0.4, -0.2) is 38.7 Å². The summed E-state index contributed by atoms with van der Waals surface area (Å²) in [5.41, 5.74) is -1.40. The number of ether oxygens (including phenoxy) is 1. The Morgan fingerprint density at radius 1 is 1.28 bits per heavy atom.